The second-order valence-electron chi connectivity index (χ2n) is 6.54. The molecule has 6 heteroatoms. The van der Waals surface area contributed by atoms with Gasteiger partial charge in [-0.3, -0.25) is 9.59 Å². The van der Waals surface area contributed by atoms with Crippen molar-refractivity contribution >= 4 is 17.8 Å². The fourth-order valence-corrected chi connectivity index (χ4v) is 2.98. The number of carboxylic acid groups (broad SMARTS) is 1. The molecule has 1 unspecified atom stereocenters. The van der Waals surface area contributed by atoms with Crippen LogP contribution in [0.15, 0.2) is 0 Å². The molecule has 0 aromatic rings. The predicted molar refractivity (Wildman–Crippen MR) is 87.9 cm³/mol. The topological polar surface area (TPSA) is 95.5 Å². The smallest absolute Gasteiger partial charge is 0.326 e. The molecule has 0 aliphatic heterocycles. The van der Waals surface area contributed by atoms with E-state index in [-0.39, 0.29) is 5.91 Å². The average molecular weight is 326 g/mol. The van der Waals surface area contributed by atoms with Crippen molar-refractivity contribution in [2.75, 3.05) is 0 Å². The van der Waals surface area contributed by atoms with Crippen molar-refractivity contribution in [1.29, 1.82) is 0 Å². The summed E-state index contributed by atoms with van der Waals surface area (Å²) in [5, 5.41) is 14.3. The molecule has 1 fully saturated rings. The minimum atomic E-state index is -1.03. The van der Waals surface area contributed by atoms with Crippen molar-refractivity contribution in [3.63, 3.8) is 0 Å². The average Bonchev–Trinajstić information content (AvgIpc) is 2.51. The molecule has 1 rings (SSSR count). The van der Waals surface area contributed by atoms with E-state index in [1.54, 1.807) is 6.92 Å². The monoisotopic (exact) mass is 326 g/mol. The largest absolute Gasteiger partial charge is 0.480 e. The van der Waals surface area contributed by atoms with Gasteiger partial charge in [0.25, 0.3) is 0 Å². The molecular formula is C17H30N2O4. The second kappa shape index (κ2) is 10.2. The summed E-state index contributed by atoms with van der Waals surface area (Å²) in [7, 11) is 0. The Balaban J connectivity index is 2.38. The van der Waals surface area contributed by atoms with Gasteiger partial charge in [-0.1, -0.05) is 39.0 Å². The molecule has 132 valence electrons. The molecule has 6 nitrogen and oxygen atoms in total. The van der Waals surface area contributed by atoms with Gasteiger partial charge in [-0.2, -0.15) is 0 Å². The first kappa shape index (κ1) is 19.5. The molecular weight excluding hydrogens is 296 g/mol. The van der Waals surface area contributed by atoms with Gasteiger partial charge in [-0.05, 0) is 32.1 Å². The third-order valence-electron chi connectivity index (χ3n) is 4.43. The van der Waals surface area contributed by atoms with Crippen LogP contribution in [-0.2, 0) is 14.4 Å². The molecule has 2 atom stereocenters. The van der Waals surface area contributed by atoms with E-state index >= 15 is 0 Å². The van der Waals surface area contributed by atoms with Crippen LogP contribution >= 0.6 is 0 Å². The number of unbranched alkanes of at least 4 members (excludes halogenated alkanes) is 1. The van der Waals surface area contributed by atoms with E-state index in [9.17, 15) is 14.4 Å². The Morgan fingerprint density at radius 1 is 1.13 bits per heavy atom. The van der Waals surface area contributed by atoms with Crippen LogP contribution in [0, 0.1) is 5.92 Å². The fourth-order valence-electron chi connectivity index (χ4n) is 2.98. The standard InChI is InChI=1S/C17H30N2O4/c1-3-4-10-14(17(22)23)19-16(21)12(2)18-15(20)11-13-8-6-5-7-9-13/h12-14H,3-11H2,1-2H3,(H,18,20)(H,19,21)(H,22,23)/t12?,14-/m0/s1. The van der Waals surface area contributed by atoms with Crippen molar-refractivity contribution in [3.8, 4) is 0 Å². The lowest BCUT2D eigenvalue weighted by molar-refractivity contribution is -0.142. The highest BCUT2D eigenvalue weighted by molar-refractivity contribution is 5.90. The molecule has 0 aromatic heterocycles. The second-order valence-corrected chi connectivity index (χ2v) is 6.54. The molecule has 0 aromatic carbocycles. The van der Waals surface area contributed by atoms with Crippen molar-refractivity contribution in [2.24, 2.45) is 5.92 Å². The summed E-state index contributed by atoms with van der Waals surface area (Å²) >= 11 is 0. The molecule has 0 spiro atoms. The van der Waals surface area contributed by atoms with Crippen LogP contribution in [0.4, 0.5) is 0 Å². The first-order valence-electron chi connectivity index (χ1n) is 8.76. The van der Waals surface area contributed by atoms with Crippen molar-refractivity contribution in [2.45, 2.75) is 83.7 Å². The number of carbonyl (C=O) groups excluding carboxylic acids is 2. The van der Waals surface area contributed by atoms with E-state index in [2.05, 4.69) is 10.6 Å². The lowest BCUT2D eigenvalue weighted by Crippen LogP contribution is -2.50. The number of hydrogen-bond acceptors (Lipinski definition) is 3. The third kappa shape index (κ3) is 7.48. The van der Waals surface area contributed by atoms with E-state index in [0.29, 0.717) is 18.8 Å². The summed E-state index contributed by atoms with van der Waals surface area (Å²) in [6.45, 7) is 3.56. The van der Waals surface area contributed by atoms with Crippen LogP contribution in [0.25, 0.3) is 0 Å². The molecule has 0 radical (unpaired) electrons. The first-order chi connectivity index (χ1) is 10.9. The summed E-state index contributed by atoms with van der Waals surface area (Å²) < 4.78 is 0. The molecule has 1 aliphatic carbocycles. The summed E-state index contributed by atoms with van der Waals surface area (Å²) in [4.78, 5) is 35.2. The number of carboxylic acids is 1. The van der Waals surface area contributed by atoms with Gasteiger partial charge in [-0.15, -0.1) is 0 Å². The Morgan fingerprint density at radius 2 is 1.78 bits per heavy atom. The number of hydrogen-bond donors (Lipinski definition) is 3. The minimum Gasteiger partial charge on any atom is -0.480 e. The molecule has 1 saturated carbocycles. The minimum absolute atomic E-state index is 0.125. The number of carbonyl (C=O) groups is 3. The molecule has 23 heavy (non-hydrogen) atoms. The maximum Gasteiger partial charge on any atom is 0.326 e. The van der Waals surface area contributed by atoms with Crippen LogP contribution in [0.3, 0.4) is 0 Å². The van der Waals surface area contributed by atoms with E-state index in [1.165, 1.54) is 19.3 Å². The number of amides is 2. The molecule has 0 heterocycles. The maximum absolute atomic E-state index is 12.1. The van der Waals surface area contributed by atoms with Crippen molar-refractivity contribution < 1.29 is 19.5 Å². The van der Waals surface area contributed by atoms with Crippen LogP contribution in [-0.4, -0.2) is 35.0 Å². The van der Waals surface area contributed by atoms with Gasteiger partial charge in [0.15, 0.2) is 0 Å². The highest BCUT2D eigenvalue weighted by Gasteiger charge is 2.24. The summed E-state index contributed by atoms with van der Waals surface area (Å²) in [5.74, 6) is -1.19. The Bertz CT molecular complexity index is 405. The van der Waals surface area contributed by atoms with Crippen molar-refractivity contribution in [1.82, 2.24) is 10.6 Å². The van der Waals surface area contributed by atoms with Crippen LogP contribution in [0.5, 0.6) is 0 Å². The molecule has 0 bridgehead atoms. The Labute approximate surface area is 138 Å². The van der Waals surface area contributed by atoms with Gasteiger partial charge >= 0.3 is 5.97 Å². The van der Waals surface area contributed by atoms with Crippen LogP contribution in [0.1, 0.15) is 71.6 Å². The normalized spacial score (nSPS) is 18.0. The lowest BCUT2D eigenvalue weighted by Gasteiger charge is -2.22. The first-order valence-corrected chi connectivity index (χ1v) is 8.76. The van der Waals surface area contributed by atoms with Gasteiger partial charge in [0.05, 0.1) is 0 Å². The Kier molecular flexibility index (Phi) is 8.66. The zero-order valence-electron chi connectivity index (χ0n) is 14.3. The summed E-state index contributed by atoms with van der Waals surface area (Å²) in [6, 6.07) is -1.60. The highest BCUT2D eigenvalue weighted by atomic mass is 16.4. The van der Waals surface area contributed by atoms with Gasteiger partial charge < -0.3 is 15.7 Å². The fraction of sp³-hybridized carbons (Fsp3) is 0.824. The molecule has 3 N–H and O–H groups in total. The zero-order valence-corrected chi connectivity index (χ0v) is 14.3. The van der Waals surface area contributed by atoms with Gasteiger partial charge in [0.1, 0.15) is 12.1 Å². The zero-order chi connectivity index (χ0) is 17.2. The summed E-state index contributed by atoms with van der Waals surface area (Å²) in [5.41, 5.74) is 0. The van der Waals surface area contributed by atoms with E-state index in [1.807, 2.05) is 6.92 Å². The van der Waals surface area contributed by atoms with Crippen LogP contribution < -0.4 is 10.6 Å². The van der Waals surface area contributed by atoms with E-state index in [0.717, 1.165) is 25.7 Å². The van der Waals surface area contributed by atoms with Gasteiger partial charge in [-0.25, -0.2) is 4.79 Å². The maximum atomic E-state index is 12.1. The predicted octanol–water partition coefficient (Wildman–Crippen LogP) is 2.22. The SMILES string of the molecule is CCCC[C@H](NC(=O)C(C)NC(=O)CC1CCCCC1)C(=O)O. The highest BCUT2D eigenvalue weighted by Crippen LogP contribution is 2.26. The third-order valence-corrected chi connectivity index (χ3v) is 4.43. The van der Waals surface area contributed by atoms with Crippen molar-refractivity contribution in [3.05, 3.63) is 0 Å². The number of nitrogens with one attached hydrogen (secondary N) is 2. The van der Waals surface area contributed by atoms with E-state index < -0.39 is 24.0 Å². The summed E-state index contributed by atoms with van der Waals surface area (Å²) in [6.07, 6.45) is 8.20. The number of aliphatic carboxylic acids is 1. The molecule has 1 aliphatic rings. The van der Waals surface area contributed by atoms with Gasteiger partial charge in [0.2, 0.25) is 11.8 Å². The lowest BCUT2D eigenvalue weighted by atomic mass is 9.87. The Morgan fingerprint density at radius 3 is 2.35 bits per heavy atom. The quantitative estimate of drug-likeness (QED) is 0.605. The number of rotatable bonds is 9. The van der Waals surface area contributed by atoms with Gasteiger partial charge in [0, 0.05) is 6.42 Å². The van der Waals surface area contributed by atoms with Crippen LogP contribution in [0.2, 0.25) is 0 Å². The Hall–Kier alpha value is -1.59. The van der Waals surface area contributed by atoms with E-state index in [4.69, 9.17) is 5.11 Å². The molecule has 2 amide bonds. The molecule has 0 saturated heterocycles.